The predicted octanol–water partition coefficient (Wildman–Crippen LogP) is 4.10. The van der Waals surface area contributed by atoms with Gasteiger partial charge >= 0.3 is 5.97 Å². The molecular formula is C20H21FO4. The summed E-state index contributed by atoms with van der Waals surface area (Å²) in [6.45, 7) is 5.72. The molecule has 0 N–H and O–H groups in total. The SMILES string of the molecule is CC(C)(C)OC(=O)Cc1cccc(COc2ccc(F)c(C=O)c2)c1. The summed E-state index contributed by atoms with van der Waals surface area (Å²) < 4.78 is 24.2. The zero-order valence-electron chi connectivity index (χ0n) is 14.5. The molecule has 5 heteroatoms. The molecule has 0 atom stereocenters. The Morgan fingerprint density at radius 1 is 1.12 bits per heavy atom. The number of rotatable bonds is 6. The van der Waals surface area contributed by atoms with Crippen molar-refractivity contribution in [2.75, 3.05) is 0 Å². The first kappa shape index (κ1) is 18.6. The Labute approximate surface area is 146 Å². The lowest BCUT2D eigenvalue weighted by atomic mass is 10.1. The van der Waals surface area contributed by atoms with Crippen LogP contribution in [0.4, 0.5) is 4.39 Å². The van der Waals surface area contributed by atoms with Crippen molar-refractivity contribution < 1.29 is 23.5 Å². The summed E-state index contributed by atoms with van der Waals surface area (Å²) in [4.78, 5) is 22.7. The van der Waals surface area contributed by atoms with Gasteiger partial charge in [0, 0.05) is 0 Å². The molecule has 2 aromatic carbocycles. The van der Waals surface area contributed by atoms with Crippen molar-refractivity contribution in [3.8, 4) is 5.75 Å². The van der Waals surface area contributed by atoms with Crippen LogP contribution in [0.2, 0.25) is 0 Å². The molecule has 0 aliphatic rings. The smallest absolute Gasteiger partial charge is 0.310 e. The van der Waals surface area contributed by atoms with Crippen LogP contribution in [0.25, 0.3) is 0 Å². The van der Waals surface area contributed by atoms with Gasteiger partial charge in [0.25, 0.3) is 0 Å². The molecular weight excluding hydrogens is 323 g/mol. The number of hydrogen-bond acceptors (Lipinski definition) is 4. The fourth-order valence-electron chi connectivity index (χ4n) is 2.24. The molecule has 0 fully saturated rings. The molecule has 0 spiro atoms. The van der Waals surface area contributed by atoms with Gasteiger partial charge in [-0.05, 0) is 50.1 Å². The minimum atomic E-state index is -0.582. The van der Waals surface area contributed by atoms with E-state index in [1.165, 1.54) is 18.2 Å². The summed E-state index contributed by atoms with van der Waals surface area (Å²) in [6.07, 6.45) is 0.626. The minimum absolute atomic E-state index is 0.0452. The van der Waals surface area contributed by atoms with Crippen LogP contribution in [0, 0.1) is 5.82 Å². The van der Waals surface area contributed by atoms with E-state index in [1.54, 1.807) is 0 Å². The Balaban J connectivity index is 1.99. The van der Waals surface area contributed by atoms with Gasteiger partial charge in [0.2, 0.25) is 0 Å². The van der Waals surface area contributed by atoms with Crippen molar-refractivity contribution in [1.82, 2.24) is 0 Å². The topological polar surface area (TPSA) is 52.6 Å². The highest BCUT2D eigenvalue weighted by Crippen LogP contribution is 2.18. The molecule has 0 saturated heterocycles. The zero-order valence-corrected chi connectivity index (χ0v) is 14.5. The average Bonchev–Trinajstić information content (AvgIpc) is 2.52. The molecule has 0 aliphatic heterocycles. The van der Waals surface area contributed by atoms with E-state index >= 15 is 0 Å². The number of halogens is 1. The van der Waals surface area contributed by atoms with E-state index in [4.69, 9.17) is 9.47 Å². The number of carbonyl (C=O) groups is 2. The van der Waals surface area contributed by atoms with Gasteiger partial charge in [-0.25, -0.2) is 4.39 Å². The van der Waals surface area contributed by atoms with Gasteiger partial charge in [-0.3, -0.25) is 9.59 Å². The number of ether oxygens (including phenoxy) is 2. The standard InChI is InChI=1S/C20H21FO4/c1-20(2,3)25-19(23)10-14-5-4-6-15(9-14)13-24-17-7-8-18(21)16(11-17)12-22/h4-9,11-12H,10,13H2,1-3H3. The Morgan fingerprint density at radius 3 is 2.52 bits per heavy atom. The van der Waals surface area contributed by atoms with E-state index in [0.717, 1.165) is 11.1 Å². The van der Waals surface area contributed by atoms with Crippen LogP contribution < -0.4 is 4.74 Å². The fourth-order valence-corrected chi connectivity index (χ4v) is 2.24. The van der Waals surface area contributed by atoms with Crippen molar-refractivity contribution in [2.45, 2.75) is 39.4 Å². The monoisotopic (exact) mass is 344 g/mol. The van der Waals surface area contributed by atoms with E-state index < -0.39 is 11.4 Å². The van der Waals surface area contributed by atoms with E-state index in [-0.39, 0.29) is 24.6 Å². The van der Waals surface area contributed by atoms with Crippen LogP contribution in [-0.4, -0.2) is 17.9 Å². The van der Waals surface area contributed by atoms with Gasteiger partial charge < -0.3 is 9.47 Å². The van der Waals surface area contributed by atoms with E-state index in [0.29, 0.717) is 12.0 Å². The summed E-state index contributed by atoms with van der Waals surface area (Å²) in [5.74, 6) is -0.470. The largest absolute Gasteiger partial charge is 0.489 e. The van der Waals surface area contributed by atoms with Gasteiger partial charge in [-0.2, -0.15) is 0 Å². The quantitative estimate of drug-likeness (QED) is 0.585. The van der Waals surface area contributed by atoms with Crippen molar-refractivity contribution in [3.63, 3.8) is 0 Å². The first-order valence-electron chi connectivity index (χ1n) is 7.94. The predicted molar refractivity (Wildman–Crippen MR) is 92.1 cm³/mol. The molecule has 0 bridgehead atoms. The molecule has 132 valence electrons. The third kappa shape index (κ3) is 6.03. The lowest BCUT2D eigenvalue weighted by molar-refractivity contribution is -0.153. The van der Waals surface area contributed by atoms with E-state index in [9.17, 15) is 14.0 Å². The van der Waals surface area contributed by atoms with Crippen LogP contribution in [0.1, 0.15) is 42.3 Å². The normalized spacial score (nSPS) is 11.0. The molecule has 0 saturated carbocycles. The third-order valence-electron chi connectivity index (χ3n) is 3.26. The Bertz CT molecular complexity index is 763. The van der Waals surface area contributed by atoms with E-state index in [1.807, 2.05) is 45.0 Å². The highest BCUT2D eigenvalue weighted by Gasteiger charge is 2.16. The van der Waals surface area contributed by atoms with Crippen LogP contribution in [0.3, 0.4) is 0 Å². The molecule has 0 heterocycles. The summed E-state index contributed by atoms with van der Waals surface area (Å²) in [5.41, 5.74) is 1.12. The second-order valence-electron chi connectivity index (χ2n) is 6.67. The van der Waals surface area contributed by atoms with Crippen LogP contribution in [0.5, 0.6) is 5.75 Å². The van der Waals surface area contributed by atoms with Gasteiger partial charge in [-0.1, -0.05) is 24.3 Å². The Hall–Kier alpha value is -2.69. The summed E-state index contributed by atoms with van der Waals surface area (Å²) in [7, 11) is 0. The second-order valence-corrected chi connectivity index (χ2v) is 6.67. The van der Waals surface area contributed by atoms with Gasteiger partial charge in [0.1, 0.15) is 23.8 Å². The van der Waals surface area contributed by atoms with Gasteiger partial charge in [0.15, 0.2) is 6.29 Å². The first-order chi connectivity index (χ1) is 11.8. The Kier molecular flexibility index (Phi) is 5.91. The molecule has 2 aromatic rings. The summed E-state index contributed by atoms with van der Waals surface area (Å²) in [5, 5.41) is 0. The number of aldehydes is 1. The lowest BCUT2D eigenvalue weighted by Gasteiger charge is -2.19. The number of benzene rings is 2. The second kappa shape index (κ2) is 7.92. The highest BCUT2D eigenvalue weighted by atomic mass is 19.1. The maximum Gasteiger partial charge on any atom is 0.310 e. The third-order valence-corrected chi connectivity index (χ3v) is 3.26. The number of hydrogen-bond donors (Lipinski definition) is 0. The molecule has 25 heavy (non-hydrogen) atoms. The lowest BCUT2D eigenvalue weighted by Crippen LogP contribution is -2.24. The maximum absolute atomic E-state index is 13.3. The van der Waals surface area contributed by atoms with Crippen molar-refractivity contribution in [3.05, 3.63) is 65.0 Å². The van der Waals surface area contributed by atoms with Gasteiger partial charge in [-0.15, -0.1) is 0 Å². The number of carbonyl (C=O) groups excluding carboxylic acids is 2. The van der Waals surface area contributed by atoms with Crippen LogP contribution in [-0.2, 0) is 22.6 Å². The molecule has 0 aromatic heterocycles. The molecule has 0 amide bonds. The number of esters is 1. The van der Waals surface area contributed by atoms with Gasteiger partial charge in [0.05, 0.1) is 12.0 Å². The molecule has 0 aliphatic carbocycles. The van der Waals surface area contributed by atoms with E-state index in [2.05, 4.69) is 0 Å². The average molecular weight is 344 g/mol. The van der Waals surface area contributed by atoms with Crippen molar-refractivity contribution >= 4 is 12.3 Å². The fraction of sp³-hybridized carbons (Fsp3) is 0.300. The molecule has 2 rings (SSSR count). The molecule has 0 radical (unpaired) electrons. The Morgan fingerprint density at radius 2 is 1.84 bits per heavy atom. The summed E-state index contributed by atoms with van der Waals surface area (Å²) in [6, 6.07) is 11.4. The molecule has 4 nitrogen and oxygen atoms in total. The van der Waals surface area contributed by atoms with Crippen LogP contribution in [0.15, 0.2) is 42.5 Å². The maximum atomic E-state index is 13.3. The minimum Gasteiger partial charge on any atom is -0.489 e. The van der Waals surface area contributed by atoms with Crippen LogP contribution >= 0.6 is 0 Å². The zero-order chi connectivity index (χ0) is 18.4. The summed E-state index contributed by atoms with van der Waals surface area (Å²) >= 11 is 0. The van der Waals surface area contributed by atoms with Crippen molar-refractivity contribution in [1.29, 1.82) is 0 Å². The van der Waals surface area contributed by atoms with Crippen molar-refractivity contribution in [2.24, 2.45) is 0 Å². The highest BCUT2D eigenvalue weighted by molar-refractivity contribution is 5.76. The molecule has 0 unspecified atom stereocenters. The first-order valence-corrected chi connectivity index (χ1v) is 7.94.